The van der Waals surface area contributed by atoms with Gasteiger partial charge in [0.1, 0.15) is 6.61 Å². The number of carbonyl (C=O) groups excluding carboxylic acids is 1. The molecule has 0 aromatic carbocycles. The van der Waals surface area contributed by atoms with Gasteiger partial charge in [-0.3, -0.25) is 4.79 Å². The van der Waals surface area contributed by atoms with E-state index in [1.165, 1.54) is 11.8 Å². The first-order valence-electron chi connectivity index (χ1n) is 3.75. The highest BCUT2D eigenvalue weighted by Gasteiger charge is 2.15. The van der Waals surface area contributed by atoms with Gasteiger partial charge in [0.25, 0.3) is 0 Å². The molecule has 0 spiro atoms. The summed E-state index contributed by atoms with van der Waals surface area (Å²) in [6.45, 7) is 4.18. The SMILES string of the molecule is CC(C)(Br)COC(=O)CSCC#N. The average molecular weight is 266 g/mol. The summed E-state index contributed by atoms with van der Waals surface area (Å²) in [5, 5.41) is 8.21. The Labute approximate surface area is 91.0 Å². The zero-order valence-electron chi connectivity index (χ0n) is 7.67. The number of halogens is 1. The van der Waals surface area contributed by atoms with Crippen molar-refractivity contribution in [2.24, 2.45) is 0 Å². The van der Waals surface area contributed by atoms with E-state index in [0.717, 1.165) is 0 Å². The molecule has 0 saturated carbocycles. The van der Waals surface area contributed by atoms with Gasteiger partial charge in [-0.2, -0.15) is 5.26 Å². The molecule has 0 rings (SSSR count). The molecule has 0 aromatic heterocycles. The predicted molar refractivity (Wildman–Crippen MR) is 56.9 cm³/mol. The molecule has 0 atom stereocenters. The summed E-state index contributed by atoms with van der Waals surface area (Å²) in [5.74, 6) is 0.302. The monoisotopic (exact) mass is 265 g/mol. The molecule has 0 unspecified atom stereocenters. The first kappa shape index (κ1) is 12.8. The van der Waals surface area contributed by atoms with Crippen LogP contribution in [0.2, 0.25) is 0 Å². The third-order valence-electron chi connectivity index (χ3n) is 0.963. The quantitative estimate of drug-likeness (QED) is 0.433. The Balaban J connectivity index is 3.48. The number of rotatable bonds is 5. The molecule has 0 aliphatic carbocycles. The second-order valence-corrected chi connectivity index (χ2v) is 6.16. The maximum absolute atomic E-state index is 11.0. The molecule has 0 fully saturated rings. The van der Waals surface area contributed by atoms with Crippen LogP contribution in [0.5, 0.6) is 0 Å². The van der Waals surface area contributed by atoms with E-state index >= 15 is 0 Å². The lowest BCUT2D eigenvalue weighted by Gasteiger charge is -2.15. The molecule has 74 valence electrons. The van der Waals surface area contributed by atoms with Crippen LogP contribution in [0.15, 0.2) is 0 Å². The molecule has 0 radical (unpaired) electrons. The number of ether oxygens (including phenoxy) is 1. The smallest absolute Gasteiger partial charge is 0.315 e. The van der Waals surface area contributed by atoms with Gasteiger partial charge in [0.2, 0.25) is 0 Å². The lowest BCUT2D eigenvalue weighted by Crippen LogP contribution is -2.22. The van der Waals surface area contributed by atoms with Crippen LogP contribution >= 0.6 is 27.7 Å². The van der Waals surface area contributed by atoms with Crippen molar-refractivity contribution < 1.29 is 9.53 Å². The van der Waals surface area contributed by atoms with E-state index in [1.807, 2.05) is 19.9 Å². The van der Waals surface area contributed by atoms with Crippen molar-refractivity contribution in [2.75, 3.05) is 18.1 Å². The summed E-state index contributed by atoms with van der Waals surface area (Å²) in [4.78, 5) is 11.0. The molecule has 3 nitrogen and oxygen atoms in total. The molecule has 0 N–H and O–H groups in total. The van der Waals surface area contributed by atoms with Crippen molar-refractivity contribution in [1.82, 2.24) is 0 Å². The summed E-state index contributed by atoms with van der Waals surface area (Å²) < 4.78 is 4.76. The molecule has 0 amide bonds. The fourth-order valence-electron chi connectivity index (χ4n) is 0.474. The average Bonchev–Trinajstić information content (AvgIpc) is 2.00. The molecule has 0 aliphatic heterocycles. The van der Waals surface area contributed by atoms with E-state index in [4.69, 9.17) is 10.00 Å². The van der Waals surface area contributed by atoms with Crippen LogP contribution in [0.3, 0.4) is 0 Å². The van der Waals surface area contributed by atoms with Crippen LogP contribution < -0.4 is 0 Å². The number of hydrogen-bond acceptors (Lipinski definition) is 4. The van der Waals surface area contributed by atoms with Gasteiger partial charge in [0.05, 0.1) is 21.9 Å². The van der Waals surface area contributed by atoms with Crippen molar-refractivity contribution in [1.29, 1.82) is 5.26 Å². The first-order chi connectivity index (χ1) is 5.95. The Morgan fingerprint density at radius 2 is 2.31 bits per heavy atom. The van der Waals surface area contributed by atoms with Gasteiger partial charge >= 0.3 is 5.97 Å². The van der Waals surface area contributed by atoms with Gasteiger partial charge in [-0.05, 0) is 13.8 Å². The van der Waals surface area contributed by atoms with Crippen LogP contribution in [0.4, 0.5) is 0 Å². The number of hydrogen-bond donors (Lipinski definition) is 0. The topological polar surface area (TPSA) is 50.1 Å². The third kappa shape index (κ3) is 9.71. The van der Waals surface area contributed by atoms with E-state index in [-0.39, 0.29) is 16.0 Å². The molecular weight excluding hydrogens is 254 g/mol. The fraction of sp³-hybridized carbons (Fsp3) is 0.750. The molecular formula is C8H12BrNO2S. The van der Waals surface area contributed by atoms with Crippen LogP contribution in [0, 0.1) is 11.3 Å². The van der Waals surface area contributed by atoms with Gasteiger partial charge in [-0.15, -0.1) is 11.8 Å². The van der Waals surface area contributed by atoms with Gasteiger partial charge in [0.15, 0.2) is 0 Å². The van der Waals surface area contributed by atoms with Gasteiger partial charge < -0.3 is 4.74 Å². The molecule has 0 saturated heterocycles. The van der Waals surface area contributed by atoms with E-state index in [1.54, 1.807) is 0 Å². The van der Waals surface area contributed by atoms with E-state index in [0.29, 0.717) is 12.4 Å². The Kier molecular flexibility index (Phi) is 6.17. The van der Waals surface area contributed by atoms with E-state index < -0.39 is 0 Å². The van der Waals surface area contributed by atoms with Crippen LogP contribution in [-0.4, -0.2) is 28.4 Å². The summed E-state index contributed by atoms with van der Waals surface area (Å²) in [6, 6.07) is 1.94. The second kappa shape index (κ2) is 6.28. The predicted octanol–water partition coefficient (Wildman–Crippen LogP) is 1.96. The standard InChI is InChI=1S/C8H12BrNO2S/c1-8(2,9)6-12-7(11)5-13-4-3-10/h4-6H2,1-2H3. The number of thioether (sulfide) groups is 1. The summed E-state index contributed by atoms with van der Waals surface area (Å²) in [5.41, 5.74) is 0. The zero-order valence-corrected chi connectivity index (χ0v) is 10.1. The van der Waals surface area contributed by atoms with Crippen molar-refractivity contribution in [3.8, 4) is 6.07 Å². The van der Waals surface area contributed by atoms with Crippen molar-refractivity contribution >= 4 is 33.7 Å². The van der Waals surface area contributed by atoms with Crippen molar-refractivity contribution in [3.63, 3.8) is 0 Å². The van der Waals surface area contributed by atoms with E-state index in [2.05, 4.69) is 15.9 Å². The highest BCUT2D eigenvalue weighted by Crippen LogP contribution is 2.15. The molecule has 0 bridgehead atoms. The maximum Gasteiger partial charge on any atom is 0.315 e. The fourth-order valence-corrected chi connectivity index (χ4v) is 1.03. The highest BCUT2D eigenvalue weighted by atomic mass is 79.9. The van der Waals surface area contributed by atoms with Crippen LogP contribution in [0.25, 0.3) is 0 Å². The number of carbonyl (C=O) groups is 1. The largest absolute Gasteiger partial charge is 0.464 e. The van der Waals surface area contributed by atoms with Gasteiger partial charge in [0, 0.05) is 0 Å². The van der Waals surface area contributed by atoms with Crippen molar-refractivity contribution in [3.05, 3.63) is 0 Å². The Bertz CT molecular complexity index is 207. The zero-order chi connectivity index (χ0) is 10.3. The van der Waals surface area contributed by atoms with Crippen molar-refractivity contribution in [2.45, 2.75) is 18.2 Å². The normalized spacial score (nSPS) is 10.6. The van der Waals surface area contributed by atoms with Gasteiger partial charge in [-0.1, -0.05) is 15.9 Å². The van der Waals surface area contributed by atoms with Crippen LogP contribution in [0.1, 0.15) is 13.8 Å². The number of esters is 1. The summed E-state index contributed by atoms with van der Waals surface area (Å²) in [6.07, 6.45) is 0. The highest BCUT2D eigenvalue weighted by molar-refractivity contribution is 9.10. The Morgan fingerprint density at radius 3 is 2.77 bits per heavy atom. The van der Waals surface area contributed by atoms with Crippen LogP contribution in [-0.2, 0) is 9.53 Å². The second-order valence-electron chi connectivity index (χ2n) is 3.03. The molecule has 0 aliphatic rings. The number of alkyl halides is 1. The lowest BCUT2D eigenvalue weighted by atomic mass is 10.2. The molecule has 13 heavy (non-hydrogen) atoms. The minimum atomic E-state index is -0.271. The maximum atomic E-state index is 11.0. The third-order valence-corrected chi connectivity index (χ3v) is 1.96. The molecule has 0 aromatic rings. The summed E-state index contributed by atoms with van der Waals surface area (Å²) in [7, 11) is 0. The van der Waals surface area contributed by atoms with E-state index in [9.17, 15) is 4.79 Å². The Hall–Kier alpha value is -0.210. The minimum Gasteiger partial charge on any atom is -0.464 e. The number of nitrogens with zero attached hydrogens (tertiary/aromatic N) is 1. The molecule has 0 heterocycles. The summed E-state index contributed by atoms with van der Waals surface area (Å²) >= 11 is 4.61. The minimum absolute atomic E-state index is 0.178. The first-order valence-corrected chi connectivity index (χ1v) is 5.70. The number of nitriles is 1. The lowest BCUT2D eigenvalue weighted by molar-refractivity contribution is -0.140. The molecule has 5 heteroatoms. The van der Waals surface area contributed by atoms with Gasteiger partial charge in [-0.25, -0.2) is 0 Å². The Morgan fingerprint density at radius 1 is 1.69 bits per heavy atom.